The molecule has 0 aliphatic carbocycles. The third-order valence-electron chi connectivity index (χ3n) is 9.32. The summed E-state index contributed by atoms with van der Waals surface area (Å²) in [7, 11) is 3.19. The highest BCUT2D eigenvalue weighted by Gasteiger charge is 2.52. The van der Waals surface area contributed by atoms with E-state index in [-0.39, 0.29) is 24.0 Å². The van der Waals surface area contributed by atoms with Gasteiger partial charge in [0.25, 0.3) is 0 Å². The van der Waals surface area contributed by atoms with Crippen molar-refractivity contribution >= 4 is 34.9 Å². The van der Waals surface area contributed by atoms with Crippen molar-refractivity contribution in [2.24, 2.45) is 10.4 Å². The Hall–Kier alpha value is -4.22. The van der Waals surface area contributed by atoms with Crippen LogP contribution in [0.3, 0.4) is 0 Å². The lowest BCUT2D eigenvalue weighted by atomic mass is 9.72. The number of benzene rings is 2. The number of hydrogen-bond donors (Lipinski definition) is 2. The van der Waals surface area contributed by atoms with Crippen LogP contribution in [0.1, 0.15) is 18.1 Å². The van der Waals surface area contributed by atoms with Gasteiger partial charge in [-0.1, -0.05) is 65.7 Å². The zero-order valence-electron chi connectivity index (χ0n) is 27.0. The molecule has 4 aromatic rings. The van der Waals surface area contributed by atoms with E-state index >= 15 is 0 Å². The maximum absolute atomic E-state index is 11.6. The van der Waals surface area contributed by atoms with Gasteiger partial charge in [0.05, 0.1) is 60.4 Å². The van der Waals surface area contributed by atoms with Gasteiger partial charge in [-0.3, -0.25) is 14.7 Å². The first-order chi connectivity index (χ1) is 23.2. The van der Waals surface area contributed by atoms with Gasteiger partial charge in [-0.15, -0.1) is 0 Å². The van der Waals surface area contributed by atoms with Crippen LogP contribution in [-0.2, 0) is 11.3 Å². The van der Waals surface area contributed by atoms with Crippen LogP contribution in [0.15, 0.2) is 65.7 Å². The van der Waals surface area contributed by atoms with Crippen LogP contribution in [-0.4, -0.2) is 96.2 Å². The number of aliphatic hydroxyl groups excluding tert-OH is 1. The van der Waals surface area contributed by atoms with Crippen LogP contribution in [0.2, 0.25) is 10.0 Å². The Morgan fingerprint density at radius 3 is 2.00 bits per heavy atom. The van der Waals surface area contributed by atoms with Gasteiger partial charge in [0.2, 0.25) is 17.7 Å². The normalized spacial score (nSPS) is 18.2. The highest BCUT2D eigenvalue weighted by atomic mass is 35.5. The molecule has 7 rings (SSSR count). The van der Waals surface area contributed by atoms with Crippen molar-refractivity contribution < 1.29 is 19.4 Å². The second-order valence-corrected chi connectivity index (χ2v) is 13.4. The molecule has 2 aromatic carbocycles. The molecule has 0 bridgehead atoms. The number of nitrogens with one attached hydrogen (secondary N) is 1. The number of methoxy groups -OCH3 is 2. The van der Waals surface area contributed by atoms with Crippen molar-refractivity contribution in [1.82, 2.24) is 25.1 Å². The van der Waals surface area contributed by atoms with Crippen molar-refractivity contribution in [2.45, 2.75) is 19.5 Å². The average Bonchev–Trinajstić information content (AvgIpc) is 3.54. The van der Waals surface area contributed by atoms with E-state index < -0.39 is 0 Å². The third kappa shape index (κ3) is 5.87. The first-order valence-corrected chi connectivity index (χ1v) is 16.6. The van der Waals surface area contributed by atoms with E-state index in [0.717, 1.165) is 60.5 Å². The molecule has 248 valence electrons. The molecule has 2 aromatic heterocycles. The summed E-state index contributed by atoms with van der Waals surface area (Å²) in [5.41, 5.74) is 6.28. The molecule has 0 saturated carbocycles. The van der Waals surface area contributed by atoms with Crippen molar-refractivity contribution in [1.29, 1.82) is 0 Å². The molecule has 0 radical (unpaired) electrons. The Morgan fingerprint density at radius 2 is 1.44 bits per heavy atom. The summed E-state index contributed by atoms with van der Waals surface area (Å²) in [6, 6.07) is 19.2. The van der Waals surface area contributed by atoms with Gasteiger partial charge in [-0.2, -0.15) is 0 Å². The number of pyridine rings is 2. The van der Waals surface area contributed by atoms with Crippen LogP contribution in [0.25, 0.3) is 33.6 Å². The van der Waals surface area contributed by atoms with Crippen molar-refractivity contribution in [2.75, 3.05) is 53.6 Å². The van der Waals surface area contributed by atoms with Gasteiger partial charge in [0.15, 0.2) is 0 Å². The number of halogens is 2. The molecular weight excluding hydrogens is 651 g/mol. The van der Waals surface area contributed by atoms with Crippen LogP contribution < -0.4 is 14.8 Å². The minimum absolute atomic E-state index is 0.00886. The standard InChI is InChI=1S/C36H36Cl2N6O4/c1-21(46)44-19-36(20-44)17-43(18-36)15-22-10-12-29(41-34(22)47-2)26-8-4-6-24(31(26)37)25-7-5-9-27(32(25)38)30-13-11-28(35(42-30)48-3)33-39-14-23(16-45)40-33/h4-13,23,45H,14-20H2,1-3H3,(H,39,40)/t23-/m1/s1. The predicted molar refractivity (Wildman–Crippen MR) is 187 cm³/mol. The number of rotatable bonds is 9. The molecular formula is C36H36Cl2N6O4. The van der Waals surface area contributed by atoms with Crippen LogP contribution in [0.5, 0.6) is 11.8 Å². The Balaban J connectivity index is 1.13. The number of hydrogen-bond acceptors (Lipinski definition) is 9. The second-order valence-electron chi connectivity index (χ2n) is 12.7. The number of nitrogens with zero attached hydrogens (tertiary/aromatic N) is 5. The Labute approximate surface area is 289 Å². The number of amidine groups is 1. The van der Waals surface area contributed by atoms with Crippen LogP contribution in [0.4, 0.5) is 0 Å². The molecule has 2 saturated heterocycles. The Morgan fingerprint density at radius 1 is 0.854 bits per heavy atom. The lowest BCUT2D eigenvalue weighted by Gasteiger charge is -2.60. The van der Waals surface area contributed by atoms with Crippen molar-refractivity contribution in [3.8, 4) is 45.4 Å². The zero-order valence-corrected chi connectivity index (χ0v) is 28.5. The summed E-state index contributed by atoms with van der Waals surface area (Å²) in [6.07, 6.45) is 0. The fourth-order valence-corrected chi connectivity index (χ4v) is 7.56. The Kier molecular flexibility index (Phi) is 8.76. The average molecular weight is 688 g/mol. The first-order valence-electron chi connectivity index (χ1n) is 15.8. The van der Waals surface area contributed by atoms with Gasteiger partial charge in [-0.25, -0.2) is 9.97 Å². The molecule has 1 spiro atoms. The molecule has 5 heterocycles. The van der Waals surface area contributed by atoms with Gasteiger partial charge in [0.1, 0.15) is 5.84 Å². The molecule has 1 atom stereocenters. The highest BCUT2D eigenvalue weighted by Crippen LogP contribution is 2.43. The number of carbonyl (C=O) groups excluding carboxylic acids is 1. The summed E-state index contributed by atoms with van der Waals surface area (Å²) >= 11 is 14.2. The first kappa shape index (κ1) is 32.3. The fourth-order valence-electron chi connectivity index (χ4n) is 6.91. The van der Waals surface area contributed by atoms with E-state index in [2.05, 4.69) is 15.2 Å². The lowest BCUT2D eigenvalue weighted by molar-refractivity contribution is -0.157. The van der Waals surface area contributed by atoms with Gasteiger partial charge in [-0.05, 0) is 18.2 Å². The molecule has 2 fully saturated rings. The number of ether oxygens (including phenoxy) is 2. The highest BCUT2D eigenvalue weighted by molar-refractivity contribution is 6.39. The molecule has 2 N–H and O–H groups in total. The van der Waals surface area contributed by atoms with Gasteiger partial charge >= 0.3 is 0 Å². The number of likely N-dealkylation sites (tertiary alicyclic amines) is 2. The van der Waals surface area contributed by atoms with Crippen LogP contribution >= 0.6 is 23.2 Å². The minimum atomic E-state index is -0.127. The summed E-state index contributed by atoms with van der Waals surface area (Å²) in [5, 5.41) is 13.7. The quantitative estimate of drug-likeness (QED) is 0.248. The maximum Gasteiger partial charge on any atom is 0.224 e. The van der Waals surface area contributed by atoms with E-state index in [1.807, 2.05) is 65.6 Å². The molecule has 3 aliphatic rings. The molecule has 10 nitrogen and oxygen atoms in total. The summed E-state index contributed by atoms with van der Waals surface area (Å²) in [5.74, 6) is 1.74. The van der Waals surface area contributed by atoms with Gasteiger partial charge in [0, 0.05) is 72.9 Å². The Bertz CT molecular complexity index is 1920. The number of aliphatic imine (C=N–C) groups is 1. The largest absolute Gasteiger partial charge is 0.481 e. The number of amides is 1. The van der Waals surface area contributed by atoms with Gasteiger partial charge < -0.3 is 24.8 Å². The molecule has 3 aliphatic heterocycles. The third-order valence-corrected chi connectivity index (χ3v) is 10.1. The van der Waals surface area contributed by atoms with Crippen LogP contribution in [0, 0.1) is 5.41 Å². The van der Waals surface area contributed by atoms with Crippen molar-refractivity contribution in [3.05, 3.63) is 81.8 Å². The molecule has 0 unspecified atom stereocenters. The van der Waals surface area contributed by atoms with E-state index in [4.69, 9.17) is 42.6 Å². The fraction of sp³-hybridized carbons (Fsp3) is 0.333. The molecule has 12 heteroatoms. The molecule has 48 heavy (non-hydrogen) atoms. The monoisotopic (exact) mass is 686 g/mol. The second kappa shape index (κ2) is 13.0. The van der Waals surface area contributed by atoms with E-state index in [1.54, 1.807) is 21.1 Å². The smallest absolute Gasteiger partial charge is 0.224 e. The van der Waals surface area contributed by atoms with E-state index in [1.165, 1.54) is 0 Å². The lowest BCUT2D eigenvalue weighted by Crippen LogP contribution is -2.72. The number of carbonyl (C=O) groups is 1. The molecule has 1 amide bonds. The summed E-state index contributed by atoms with van der Waals surface area (Å²) < 4.78 is 11.4. The number of aliphatic hydroxyl groups is 1. The predicted octanol–water partition coefficient (Wildman–Crippen LogP) is 5.18. The maximum atomic E-state index is 11.6. The van der Waals surface area contributed by atoms with E-state index in [0.29, 0.717) is 51.1 Å². The zero-order chi connectivity index (χ0) is 33.6. The van der Waals surface area contributed by atoms with Crippen molar-refractivity contribution in [3.63, 3.8) is 0 Å². The summed E-state index contributed by atoms with van der Waals surface area (Å²) in [6.45, 7) is 6.42. The minimum Gasteiger partial charge on any atom is -0.481 e. The summed E-state index contributed by atoms with van der Waals surface area (Å²) in [4.78, 5) is 30.0. The van der Waals surface area contributed by atoms with E-state index in [9.17, 15) is 9.90 Å². The SMILES string of the molecule is COc1nc(-c2cccc(-c3cccc(-c4ccc(C5=NC[C@H](CO)N5)c(OC)n4)c3Cl)c2Cl)ccc1CN1CC2(C1)CN(C(C)=O)C2. The number of aromatic nitrogens is 2. The topological polar surface area (TPSA) is 112 Å².